The van der Waals surface area contributed by atoms with Crippen LogP contribution in [0.1, 0.15) is 9.63 Å². The van der Waals surface area contributed by atoms with E-state index in [0.717, 1.165) is 8.95 Å². The summed E-state index contributed by atoms with van der Waals surface area (Å²) in [5, 5.41) is 0.436. The van der Waals surface area contributed by atoms with Crippen LogP contribution in [0.15, 0.2) is 30.3 Å². The van der Waals surface area contributed by atoms with Gasteiger partial charge in [-0.3, -0.25) is 0 Å². The van der Waals surface area contributed by atoms with E-state index in [4.69, 9.17) is 4.42 Å². The molecule has 16 heavy (non-hydrogen) atoms. The highest BCUT2D eigenvalue weighted by Gasteiger charge is 2.14. The Morgan fingerprint density at radius 1 is 1.25 bits per heavy atom. The van der Waals surface area contributed by atoms with Crippen LogP contribution < -0.4 is 5.63 Å². The molecule has 1 heterocycles. The van der Waals surface area contributed by atoms with E-state index in [-0.39, 0.29) is 3.74 Å². The number of fused-ring (bicyclic) bond motifs is 1. The summed E-state index contributed by atoms with van der Waals surface area (Å²) in [6, 6.07) is 3.51. The van der Waals surface area contributed by atoms with Gasteiger partial charge in [-0.1, -0.05) is 47.8 Å². The number of hydrogen-bond donors (Lipinski definition) is 0. The standard InChI is InChI=1S/C9H3Br4NO2/c10-3-1-4-6(5(11)2-3)14-8(7(12)13)16-9(4)15/h1-2,7H. The molecule has 0 fully saturated rings. The van der Waals surface area contributed by atoms with Gasteiger partial charge >= 0.3 is 5.63 Å². The van der Waals surface area contributed by atoms with Crippen molar-refractivity contribution in [1.29, 1.82) is 0 Å². The molecule has 0 saturated heterocycles. The Bertz CT molecular complexity index is 608. The van der Waals surface area contributed by atoms with Crippen molar-refractivity contribution in [2.24, 2.45) is 0 Å². The van der Waals surface area contributed by atoms with Crippen molar-refractivity contribution in [3.05, 3.63) is 37.4 Å². The van der Waals surface area contributed by atoms with Gasteiger partial charge in [0.15, 0.2) is 0 Å². The van der Waals surface area contributed by atoms with Crippen LogP contribution in [-0.4, -0.2) is 4.98 Å². The minimum Gasteiger partial charge on any atom is -0.406 e. The van der Waals surface area contributed by atoms with Gasteiger partial charge in [-0.15, -0.1) is 0 Å². The number of nitrogens with zero attached hydrogens (tertiary/aromatic N) is 1. The van der Waals surface area contributed by atoms with Crippen LogP contribution in [0.25, 0.3) is 10.9 Å². The van der Waals surface area contributed by atoms with Gasteiger partial charge in [-0.05, 0) is 28.1 Å². The number of rotatable bonds is 1. The van der Waals surface area contributed by atoms with Crippen molar-refractivity contribution in [3.63, 3.8) is 0 Å². The summed E-state index contributed by atoms with van der Waals surface area (Å²) >= 11 is 13.1. The smallest absolute Gasteiger partial charge is 0.346 e. The van der Waals surface area contributed by atoms with Crippen molar-refractivity contribution in [2.45, 2.75) is 3.74 Å². The molecule has 0 aliphatic heterocycles. The molecular weight excluding hydrogens is 474 g/mol. The van der Waals surface area contributed by atoms with Crippen LogP contribution in [0.2, 0.25) is 0 Å². The van der Waals surface area contributed by atoms with Crippen molar-refractivity contribution in [3.8, 4) is 0 Å². The molecule has 0 spiro atoms. The van der Waals surface area contributed by atoms with Crippen molar-refractivity contribution in [1.82, 2.24) is 4.98 Å². The molecule has 0 aliphatic carbocycles. The molecule has 0 amide bonds. The molecule has 0 aliphatic rings. The zero-order chi connectivity index (χ0) is 11.9. The maximum Gasteiger partial charge on any atom is 0.346 e. The maximum atomic E-state index is 11.7. The average Bonchev–Trinajstić information content (AvgIpc) is 2.19. The molecule has 84 valence electrons. The number of hydrogen-bond acceptors (Lipinski definition) is 3. The van der Waals surface area contributed by atoms with E-state index < -0.39 is 5.63 Å². The summed E-state index contributed by atoms with van der Waals surface area (Å²) in [6.45, 7) is 0. The van der Waals surface area contributed by atoms with Crippen molar-refractivity contribution in [2.75, 3.05) is 0 Å². The molecule has 1 aromatic carbocycles. The molecule has 2 rings (SSSR count). The largest absolute Gasteiger partial charge is 0.406 e. The molecular formula is C9H3Br4NO2. The first-order valence-corrected chi connectivity index (χ1v) is 7.48. The molecule has 0 bridgehead atoms. The Labute approximate surface area is 124 Å². The van der Waals surface area contributed by atoms with Crippen molar-refractivity contribution < 1.29 is 4.42 Å². The number of alkyl halides is 2. The summed E-state index contributed by atoms with van der Waals surface area (Å²) in [7, 11) is 0. The molecule has 0 N–H and O–H groups in total. The molecule has 0 saturated carbocycles. The lowest BCUT2D eigenvalue weighted by Gasteiger charge is -2.03. The number of benzene rings is 1. The fraction of sp³-hybridized carbons (Fsp3) is 0.111. The van der Waals surface area contributed by atoms with Gasteiger partial charge in [0.05, 0.1) is 10.9 Å². The number of halogens is 4. The molecule has 0 radical (unpaired) electrons. The Hall–Kier alpha value is 0.280. The molecule has 2 aromatic rings. The normalized spacial score (nSPS) is 11.3. The van der Waals surface area contributed by atoms with Gasteiger partial charge in [0.2, 0.25) is 5.89 Å². The minimum absolute atomic E-state index is 0.285. The monoisotopic (exact) mass is 473 g/mol. The van der Waals surface area contributed by atoms with Gasteiger partial charge in [0.1, 0.15) is 3.74 Å². The zero-order valence-electron chi connectivity index (χ0n) is 7.51. The van der Waals surface area contributed by atoms with E-state index in [1.54, 1.807) is 6.07 Å². The Morgan fingerprint density at radius 2 is 1.94 bits per heavy atom. The topological polar surface area (TPSA) is 43.1 Å². The predicted octanol–water partition coefficient (Wildman–Crippen LogP) is 4.50. The predicted molar refractivity (Wildman–Crippen MR) is 76.3 cm³/mol. The van der Waals surface area contributed by atoms with E-state index in [2.05, 4.69) is 68.7 Å². The fourth-order valence-electron chi connectivity index (χ4n) is 1.21. The third-order valence-electron chi connectivity index (χ3n) is 1.85. The lowest BCUT2D eigenvalue weighted by atomic mass is 10.2. The highest BCUT2D eigenvalue weighted by molar-refractivity contribution is 9.24. The highest BCUT2D eigenvalue weighted by atomic mass is 79.9. The molecule has 3 nitrogen and oxygen atoms in total. The van der Waals surface area contributed by atoms with E-state index in [9.17, 15) is 4.79 Å². The van der Waals surface area contributed by atoms with E-state index in [1.165, 1.54) is 0 Å². The van der Waals surface area contributed by atoms with Gasteiger partial charge in [-0.25, -0.2) is 9.78 Å². The second-order valence-corrected chi connectivity index (χ2v) is 7.75. The summed E-state index contributed by atoms with van der Waals surface area (Å²) in [6.07, 6.45) is 0. The Kier molecular flexibility index (Phi) is 3.88. The van der Waals surface area contributed by atoms with E-state index >= 15 is 0 Å². The van der Waals surface area contributed by atoms with E-state index in [1.807, 2.05) is 6.07 Å². The lowest BCUT2D eigenvalue weighted by molar-refractivity contribution is 0.463. The van der Waals surface area contributed by atoms with Gasteiger partial charge in [0, 0.05) is 8.95 Å². The van der Waals surface area contributed by atoms with Crippen LogP contribution in [0, 0.1) is 0 Å². The first kappa shape index (κ1) is 12.7. The third-order valence-corrected chi connectivity index (χ3v) is 3.70. The van der Waals surface area contributed by atoms with Gasteiger partial charge in [-0.2, -0.15) is 0 Å². The first-order valence-electron chi connectivity index (χ1n) is 4.07. The SMILES string of the molecule is O=c1oc(C(Br)Br)nc2c(Br)cc(Br)cc12. The summed E-state index contributed by atoms with van der Waals surface area (Å²) in [5.41, 5.74) is 0.171. The Balaban J connectivity index is 2.87. The quantitative estimate of drug-likeness (QED) is 0.569. The van der Waals surface area contributed by atoms with Gasteiger partial charge in [0.25, 0.3) is 0 Å². The lowest BCUT2D eigenvalue weighted by Crippen LogP contribution is -2.05. The van der Waals surface area contributed by atoms with Crippen LogP contribution >= 0.6 is 63.7 Å². The number of aromatic nitrogens is 1. The minimum atomic E-state index is -0.411. The zero-order valence-corrected chi connectivity index (χ0v) is 13.9. The molecule has 7 heteroatoms. The van der Waals surface area contributed by atoms with Crippen LogP contribution in [-0.2, 0) is 0 Å². The average molecular weight is 477 g/mol. The first-order chi connectivity index (χ1) is 7.49. The summed E-state index contributed by atoms with van der Waals surface area (Å²) < 4.78 is 6.31. The highest BCUT2D eigenvalue weighted by Crippen LogP contribution is 2.30. The maximum absolute atomic E-state index is 11.7. The summed E-state index contributed by atoms with van der Waals surface area (Å²) in [4.78, 5) is 16.0. The van der Waals surface area contributed by atoms with Crippen LogP contribution in [0.5, 0.6) is 0 Å². The molecule has 0 atom stereocenters. The third kappa shape index (κ3) is 2.42. The summed E-state index contributed by atoms with van der Waals surface area (Å²) in [5.74, 6) is 0.292. The van der Waals surface area contributed by atoms with E-state index in [0.29, 0.717) is 16.8 Å². The molecule has 1 aromatic heterocycles. The van der Waals surface area contributed by atoms with Crippen LogP contribution in [0.4, 0.5) is 0 Å². The van der Waals surface area contributed by atoms with Crippen molar-refractivity contribution >= 4 is 74.6 Å². The van der Waals surface area contributed by atoms with Gasteiger partial charge < -0.3 is 4.42 Å². The second kappa shape index (κ2) is 4.88. The molecule has 0 unspecified atom stereocenters. The second-order valence-electron chi connectivity index (χ2n) is 2.92. The Morgan fingerprint density at radius 3 is 2.56 bits per heavy atom. The fourth-order valence-corrected chi connectivity index (χ4v) is 2.92. The van der Waals surface area contributed by atoms with Crippen LogP contribution in [0.3, 0.4) is 0 Å².